The maximum Gasteiger partial charge on any atom is 0.233 e. The fraction of sp³-hybridized carbons (Fsp3) is 0.0588. The van der Waals surface area contributed by atoms with E-state index in [1.807, 2.05) is 84.9 Å². The molecule has 0 aliphatic heterocycles. The number of aromatic nitrogens is 4. The molecule has 0 aliphatic rings. The number of aldehydes is 2. The van der Waals surface area contributed by atoms with Gasteiger partial charge in [-0.05, 0) is 62.4 Å². The Kier molecular flexibility index (Phi) is 9.54. The minimum absolute atomic E-state index is 0.354. The molecule has 0 saturated heterocycles. The van der Waals surface area contributed by atoms with Crippen LogP contribution in [-0.4, -0.2) is 32.1 Å². The van der Waals surface area contributed by atoms with Crippen molar-refractivity contribution in [1.82, 2.24) is 19.6 Å². The van der Waals surface area contributed by atoms with Crippen LogP contribution in [0.4, 0.5) is 0 Å². The van der Waals surface area contributed by atoms with E-state index in [-0.39, 0.29) is 0 Å². The molecule has 0 aliphatic carbocycles. The topological polar surface area (TPSA) is 88.2 Å². The number of hydrogen-bond acceptors (Lipinski definition) is 6. The second-order valence-electron chi connectivity index (χ2n) is 9.40. The standard InChI is InChI=1S/2C17H13ClN2O2/c2*1-12-14(11-21)17(22-16-10-6-5-9-15(16)18)20(19-12)13-7-3-2-4-8-13/h2*2-11H,1H3. The molecule has 220 valence electrons. The first-order valence-corrected chi connectivity index (χ1v) is 14.2. The fourth-order valence-electron chi connectivity index (χ4n) is 4.26. The van der Waals surface area contributed by atoms with Crippen LogP contribution in [-0.2, 0) is 0 Å². The Bertz CT molecular complexity index is 1760. The van der Waals surface area contributed by atoms with Gasteiger partial charge in [0.2, 0.25) is 11.8 Å². The molecule has 0 spiro atoms. The highest BCUT2D eigenvalue weighted by Gasteiger charge is 2.20. The summed E-state index contributed by atoms with van der Waals surface area (Å²) in [5.74, 6) is 1.66. The van der Waals surface area contributed by atoms with E-state index in [2.05, 4.69) is 10.2 Å². The molecule has 0 amide bonds. The summed E-state index contributed by atoms with van der Waals surface area (Å²) in [6, 6.07) is 33.2. The zero-order valence-corrected chi connectivity index (χ0v) is 25.2. The molecule has 2 heterocycles. The molecular formula is C34H26Cl2N4O4. The van der Waals surface area contributed by atoms with Gasteiger partial charge in [0.1, 0.15) is 11.5 Å². The van der Waals surface area contributed by atoms with Crippen LogP contribution in [0.2, 0.25) is 10.0 Å². The normalized spacial score (nSPS) is 10.5. The lowest BCUT2D eigenvalue weighted by Crippen LogP contribution is -2.00. The number of para-hydroxylation sites is 4. The number of hydrogen-bond donors (Lipinski definition) is 0. The Morgan fingerprint density at radius 1 is 0.545 bits per heavy atom. The number of benzene rings is 4. The van der Waals surface area contributed by atoms with Gasteiger partial charge >= 0.3 is 0 Å². The largest absolute Gasteiger partial charge is 0.437 e. The molecule has 0 saturated carbocycles. The third-order valence-electron chi connectivity index (χ3n) is 6.45. The van der Waals surface area contributed by atoms with Crippen LogP contribution in [0.15, 0.2) is 109 Å². The lowest BCUT2D eigenvalue weighted by Gasteiger charge is -2.10. The van der Waals surface area contributed by atoms with Crippen LogP contribution in [0.5, 0.6) is 23.3 Å². The lowest BCUT2D eigenvalue weighted by molar-refractivity contribution is 0.111. The van der Waals surface area contributed by atoms with Crippen molar-refractivity contribution in [2.24, 2.45) is 0 Å². The minimum atomic E-state index is 0.354. The molecule has 0 bridgehead atoms. The Morgan fingerprint density at radius 2 is 0.886 bits per heavy atom. The SMILES string of the molecule is Cc1nn(-c2ccccc2)c(Oc2ccccc2Cl)c1C=O.Cc1nn(-c2ccccc2)c(Oc2ccccc2Cl)c1C=O. The molecule has 0 atom stereocenters. The van der Waals surface area contributed by atoms with Crippen molar-refractivity contribution in [3.63, 3.8) is 0 Å². The van der Waals surface area contributed by atoms with Crippen LogP contribution in [0, 0.1) is 13.8 Å². The zero-order chi connectivity index (χ0) is 31.1. The molecule has 6 aromatic rings. The van der Waals surface area contributed by atoms with Crippen LogP contribution < -0.4 is 9.47 Å². The molecular weight excluding hydrogens is 599 g/mol. The van der Waals surface area contributed by atoms with Crippen LogP contribution >= 0.6 is 23.2 Å². The van der Waals surface area contributed by atoms with Gasteiger partial charge in [0.15, 0.2) is 12.6 Å². The zero-order valence-electron chi connectivity index (χ0n) is 23.7. The third-order valence-corrected chi connectivity index (χ3v) is 7.07. The Balaban J connectivity index is 0.000000175. The quantitative estimate of drug-likeness (QED) is 0.157. The van der Waals surface area contributed by atoms with Gasteiger partial charge in [-0.15, -0.1) is 0 Å². The number of carbonyl (C=O) groups excluding carboxylic acids is 2. The van der Waals surface area contributed by atoms with E-state index in [4.69, 9.17) is 32.7 Å². The molecule has 4 aromatic carbocycles. The smallest absolute Gasteiger partial charge is 0.233 e. The number of carbonyl (C=O) groups is 2. The number of nitrogens with zero attached hydrogens (tertiary/aromatic N) is 4. The van der Waals surface area contributed by atoms with E-state index in [0.29, 0.717) is 55.8 Å². The molecule has 8 nitrogen and oxygen atoms in total. The highest BCUT2D eigenvalue weighted by atomic mass is 35.5. The molecule has 6 rings (SSSR count). The first kappa shape index (κ1) is 30.3. The van der Waals surface area contributed by atoms with E-state index in [0.717, 1.165) is 23.9 Å². The molecule has 0 radical (unpaired) electrons. The van der Waals surface area contributed by atoms with Gasteiger partial charge in [0.25, 0.3) is 0 Å². The predicted molar refractivity (Wildman–Crippen MR) is 170 cm³/mol. The monoisotopic (exact) mass is 624 g/mol. The minimum Gasteiger partial charge on any atom is -0.437 e. The van der Waals surface area contributed by atoms with Gasteiger partial charge < -0.3 is 9.47 Å². The number of aryl methyl sites for hydroxylation is 2. The van der Waals surface area contributed by atoms with Gasteiger partial charge in [-0.3, -0.25) is 9.59 Å². The van der Waals surface area contributed by atoms with E-state index in [9.17, 15) is 9.59 Å². The second-order valence-corrected chi connectivity index (χ2v) is 10.2. The highest BCUT2D eigenvalue weighted by Crippen LogP contribution is 2.34. The summed E-state index contributed by atoms with van der Waals surface area (Å²) in [5, 5.41) is 9.73. The van der Waals surface area contributed by atoms with Gasteiger partial charge in [0, 0.05) is 0 Å². The van der Waals surface area contributed by atoms with Gasteiger partial charge in [0.05, 0.1) is 43.9 Å². The van der Waals surface area contributed by atoms with Gasteiger partial charge in [-0.1, -0.05) is 83.9 Å². The first-order chi connectivity index (χ1) is 21.4. The average molecular weight is 626 g/mol. The van der Waals surface area contributed by atoms with Crippen LogP contribution in [0.3, 0.4) is 0 Å². The summed E-state index contributed by atoms with van der Waals surface area (Å²) in [7, 11) is 0. The Hall–Kier alpha value is -5.18. The fourth-order valence-corrected chi connectivity index (χ4v) is 4.60. The summed E-state index contributed by atoms with van der Waals surface area (Å²) >= 11 is 12.3. The van der Waals surface area contributed by atoms with Crippen molar-refractivity contribution in [3.8, 4) is 34.6 Å². The lowest BCUT2D eigenvalue weighted by atomic mass is 10.2. The van der Waals surface area contributed by atoms with Crippen molar-refractivity contribution in [3.05, 3.63) is 142 Å². The maximum absolute atomic E-state index is 11.4. The van der Waals surface area contributed by atoms with Gasteiger partial charge in [-0.25, -0.2) is 0 Å². The second kappa shape index (κ2) is 13.9. The van der Waals surface area contributed by atoms with E-state index in [1.54, 1.807) is 47.5 Å². The first-order valence-electron chi connectivity index (χ1n) is 13.5. The number of halogens is 2. The molecule has 0 unspecified atom stereocenters. The van der Waals surface area contributed by atoms with E-state index >= 15 is 0 Å². The summed E-state index contributed by atoms with van der Waals surface area (Å²) in [5.41, 5.74) is 3.62. The van der Waals surface area contributed by atoms with Crippen molar-refractivity contribution in [1.29, 1.82) is 0 Å². The van der Waals surface area contributed by atoms with Crippen molar-refractivity contribution < 1.29 is 19.1 Å². The van der Waals surface area contributed by atoms with Crippen molar-refractivity contribution >= 4 is 35.8 Å². The predicted octanol–water partition coefficient (Wildman–Crippen LogP) is 8.88. The van der Waals surface area contributed by atoms with Crippen LogP contribution in [0.25, 0.3) is 11.4 Å². The molecule has 2 aromatic heterocycles. The molecule has 10 heteroatoms. The molecule has 44 heavy (non-hydrogen) atoms. The van der Waals surface area contributed by atoms with Crippen LogP contribution in [0.1, 0.15) is 32.1 Å². The third kappa shape index (κ3) is 6.57. The molecule has 0 N–H and O–H groups in total. The Morgan fingerprint density at radius 3 is 1.23 bits per heavy atom. The highest BCUT2D eigenvalue weighted by molar-refractivity contribution is 6.32. The van der Waals surface area contributed by atoms with E-state index < -0.39 is 0 Å². The summed E-state index contributed by atoms with van der Waals surface area (Å²) in [4.78, 5) is 22.8. The number of rotatable bonds is 8. The van der Waals surface area contributed by atoms with Crippen molar-refractivity contribution in [2.45, 2.75) is 13.8 Å². The Labute approximate surface area is 264 Å². The maximum atomic E-state index is 11.4. The van der Waals surface area contributed by atoms with E-state index in [1.165, 1.54) is 0 Å². The van der Waals surface area contributed by atoms with Crippen molar-refractivity contribution in [2.75, 3.05) is 0 Å². The molecule has 0 fully saturated rings. The number of ether oxygens (including phenoxy) is 2. The summed E-state index contributed by atoms with van der Waals surface area (Å²) in [6.07, 6.45) is 1.49. The average Bonchev–Trinajstić information content (AvgIpc) is 3.54. The summed E-state index contributed by atoms with van der Waals surface area (Å²) < 4.78 is 14.9. The summed E-state index contributed by atoms with van der Waals surface area (Å²) in [6.45, 7) is 3.53. The van der Waals surface area contributed by atoms with Gasteiger partial charge in [-0.2, -0.15) is 19.6 Å².